The van der Waals surface area contributed by atoms with E-state index in [4.69, 9.17) is 18.9 Å². The van der Waals surface area contributed by atoms with Gasteiger partial charge in [-0.1, -0.05) is 25.1 Å². The third-order valence-corrected chi connectivity index (χ3v) is 4.95. The number of benzene rings is 1. The van der Waals surface area contributed by atoms with Crippen LogP contribution in [0.3, 0.4) is 0 Å². The maximum absolute atomic E-state index is 11.9. The molecule has 6 heteroatoms. The van der Waals surface area contributed by atoms with Gasteiger partial charge in [0, 0.05) is 19.4 Å². The van der Waals surface area contributed by atoms with E-state index in [-0.39, 0.29) is 18.6 Å². The van der Waals surface area contributed by atoms with Gasteiger partial charge < -0.3 is 24.3 Å². The Morgan fingerprint density at radius 2 is 2.00 bits per heavy atom. The summed E-state index contributed by atoms with van der Waals surface area (Å²) in [6.07, 6.45) is 4.09. The van der Waals surface area contributed by atoms with Gasteiger partial charge in [0.05, 0.1) is 13.2 Å². The SMILES string of the molecule is CC1CCC2(CC1)OCC(CNC(=O)COCCOc1ccccc1)O2. The van der Waals surface area contributed by atoms with E-state index in [1.807, 2.05) is 30.3 Å². The van der Waals surface area contributed by atoms with Crippen LogP contribution in [0, 0.1) is 5.92 Å². The predicted molar refractivity (Wildman–Crippen MR) is 97.0 cm³/mol. The van der Waals surface area contributed by atoms with Crippen LogP contribution in [0.5, 0.6) is 5.75 Å². The molecule has 0 aromatic heterocycles. The molecule has 1 aliphatic heterocycles. The van der Waals surface area contributed by atoms with E-state index >= 15 is 0 Å². The van der Waals surface area contributed by atoms with E-state index in [1.165, 1.54) is 0 Å². The van der Waals surface area contributed by atoms with Crippen LogP contribution in [0.4, 0.5) is 0 Å². The van der Waals surface area contributed by atoms with Gasteiger partial charge in [0.25, 0.3) is 0 Å². The summed E-state index contributed by atoms with van der Waals surface area (Å²) in [7, 11) is 0. The third kappa shape index (κ3) is 5.69. The first-order chi connectivity index (χ1) is 12.7. The zero-order valence-electron chi connectivity index (χ0n) is 15.4. The lowest BCUT2D eigenvalue weighted by Gasteiger charge is -2.34. The molecule has 1 aromatic carbocycles. The Kier molecular flexibility index (Phi) is 6.88. The lowest BCUT2D eigenvalue weighted by molar-refractivity contribution is -0.191. The minimum Gasteiger partial charge on any atom is -0.491 e. The number of ether oxygens (including phenoxy) is 4. The Hall–Kier alpha value is -1.63. The van der Waals surface area contributed by atoms with Crippen molar-refractivity contribution in [3.8, 4) is 5.75 Å². The highest BCUT2D eigenvalue weighted by atomic mass is 16.7. The van der Waals surface area contributed by atoms with Crippen molar-refractivity contribution in [2.75, 3.05) is 33.0 Å². The number of rotatable bonds is 8. The van der Waals surface area contributed by atoms with Crippen LogP contribution in [0.2, 0.25) is 0 Å². The van der Waals surface area contributed by atoms with Crippen molar-refractivity contribution in [2.45, 2.75) is 44.5 Å². The molecule has 2 aliphatic rings. The Labute approximate surface area is 155 Å². The fraction of sp³-hybridized carbons (Fsp3) is 0.650. The molecule has 26 heavy (non-hydrogen) atoms. The minimum atomic E-state index is -0.410. The van der Waals surface area contributed by atoms with Gasteiger partial charge in [0.1, 0.15) is 25.1 Å². The summed E-state index contributed by atoms with van der Waals surface area (Å²) in [6, 6.07) is 9.53. The molecule has 1 N–H and O–H groups in total. The van der Waals surface area contributed by atoms with Gasteiger partial charge >= 0.3 is 0 Å². The molecule has 3 rings (SSSR count). The van der Waals surface area contributed by atoms with E-state index in [9.17, 15) is 4.79 Å². The second-order valence-electron chi connectivity index (χ2n) is 7.16. The largest absolute Gasteiger partial charge is 0.491 e. The molecule has 1 aliphatic carbocycles. The lowest BCUT2D eigenvalue weighted by atomic mass is 9.86. The van der Waals surface area contributed by atoms with Crippen LogP contribution < -0.4 is 10.1 Å². The van der Waals surface area contributed by atoms with Gasteiger partial charge in [0.2, 0.25) is 5.91 Å². The summed E-state index contributed by atoms with van der Waals surface area (Å²) < 4.78 is 22.8. The van der Waals surface area contributed by atoms with Crippen LogP contribution in [-0.2, 0) is 19.0 Å². The Balaban J connectivity index is 1.24. The topological polar surface area (TPSA) is 66.0 Å². The Bertz CT molecular complexity index is 557. The Morgan fingerprint density at radius 1 is 1.23 bits per heavy atom. The van der Waals surface area contributed by atoms with Crippen molar-refractivity contribution < 1.29 is 23.7 Å². The third-order valence-electron chi connectivity index (χ3n) is 4.95. The summed E-state index contributed by atoms with van der Waals surface area (Å²) in [4.78, 5) is 11.9. The molecule has 1 heterocycles. The summed E-state index contributed by atoms with van der Waals surface area (Å²) in [6.45, 7) is 4.07. The Morgan fingerprint density at radius 3 is 2.77 bits per heavy atom. The second kappa shape index (κ2) is 9.35. The van der Waals surface area contributed by atoms with Crippen molar-refractivity contribution in [1.29, 1.82) is 0 Å². The molecule has 1 aromatic rings. The summed E-state index contributed by atoms with van der Waals surface area (Å²) in [5.41, 5.74) is 0. The number of para-hydroxylation sites is 1. The van der Waals surface area contributed by atoms with E-state index in [0.717, 1.165) is 37.4 Å². The highest BCUT2D eigenvalue weighted by Crippen LogP contribution is 2.39. The molecule has 0 radical (unpaired) electrons. The normalized spacial score (nSPS) is 28.2. The van der Waals surface area contributed by atoms with Crippen molar-refractivity contribution in [2.24, 2.45) is 5.92 Å². The van der Waals surface area contributed by atoms with Crippen molar-refractivity contribution >= 4 is 5.91 Å². The molecule has 1 atom stereocenters. The van der Waals surface area contributed by atoms with Gasteiger partial charge in [-0.15, -0.1) is 0 Å². The maximum atomic E-state index is 11.9. The molecular weight excluding hydrogens is 334 g/mol. The molecule has 1 amide bonds. The molecule has 1 unspecified atom stereocenters. The zero-order chi connectivity index (χ0) is 18.2. The molecule has 6 nitrogen and oxygen atoms in total. The van der Waals surface area contributed by atoms with Gasteiger partial charge in [-0.2, -0.15) is 0 Å². The molecule has 1 saturated carbocycles. The average molecular weight is 363 g/mol. The van der Waals surface area contributed by atoms with Crippen LogP contribution in [0.15, 0.2) is 30.3 Å². The first-order valence-corrected chi connectivity index (χ1v) is 9.49. The quantitative estimate of drug-likeness (QED) is 0.719. The second-order valence-corrected chi connectivity index (χ2v) is 7.16. The summed E-state index contributed by atoms with van der Waals surface area (Å²) in [5.74, 6) is 0.985. The molecular formula is C20H29NO5. The number of nitrogens with one attached hydrogen (secondary N) is 1. The number of hydrogen-bond donors (Lipinski definition) is 1. The van der Waals surface area contributed by atoms with E-state index < -0.39 is 5.79 Å². The van der Waals surface area contributed by atoms with Crippen molar-refractivity contribution in [3.05, 3.63) is 30.3 Å². The van der Waals surface area contributed by atoms with Crippen LogP contribution in [0.25, 0.3) is 0 Å². The van der Waals surface area contributed by atoms with Gasteiger partial charge in [-0.3, -0.25) is 4.79 Å². The van der Waals surface area contributed by atoms with E-state index in [0.29, 0.717) is 26.4 Å². The van der Waals surface area contributed by atoms with Gasteiger partial charge in [0.15, 0.2) is 5.79 Å². The smallest absolute Gasteiger partial charge is 0.246 e. The molecule has 1 spiro atoms. The van der Waals surface area contributed by atoms with Crippen LogP contribution in [-0.4, -0.2) is 50.8 Å². The number of carbonyl (C=O) groups is 1. The highest BCUT2D eigenvalue weighted by Gasteiger charge is 2.43. The first-order valence-electron chi connectivity index (χ1n) is 9.49. The molecule has 0 bridgehead atoms. The van der Waals surface area contributed by atoms with Gasteiger partial charge in [-0.05, 0) is 30.9 Å². The van der Waals surface area contributed by atoms with Crippen LogP contribution >= 0.6 is 0 Å². The standard InChI is InChI=1S/C20H29NO5/c1-16-7-9-20(10-8-16)25-14-18(26-20)13-21-19(22)15-23-11-12-24-17-5-3-2-4-6-17/h2-6,16,18H,7-15H2,1H3,(H,21,22). The van der Waals surface area contributed by atoms with Crippen LogP contribution in [0.1, 0.15) is 32.6 Å². The van der Waals surface area contributed by atoms with E-state index in [2.05, 4.69) is 12.2 Å². The molecule has 144 valence electrons. The number of hydrogen-bond acceptors (Lipinski definition) is 5. The minimum absolute atomic E-state index is 0.0222. The van der Waals surface area contributed by atoms with Crippen molar-refractivity contribution in [1.82, 2.24) is 5.32 Å². The fourth-order valence-electron chi connectivity index (χ4n) is 3.36. The van der Waals surface area contributed by atoms with Crippen molar-refractivity contribution in [3.63, 3.8) is 0 Å². The number of amides is 1. The average Bonchev–Trinajstić information content (AvgIpc) is 3.06. The fourth-order valence-corrected chi connectivity index (χ4v) is 3.36. The highest BCUT2D eigenvalue weighted by molar-refractivity contribution is 5.77. The first kappa shape index (κ1) is 19.1. The van der Waals surface area contributed by atoms with E-state index in [1.54, 1.807) is 0 Å². The maximum Gasteiger partial charge on any atom is 0.246 e. The summed E-state index contributed by atoms with van der Waals surface area (Å²) >= 11 is 0. The monoisotopic (exact) mass is 363 g/mol. The molecule has 1 saturated heterocycles. The molecule has 2 fully saturated rings. The predicted octanol–water partition coefficient (Wildman–Crippen LogP) is 2.52. The van der Waals surface area contributed by atoms with Gasteiger partial charge in [-0.25, -0.2) is 0 Å². The number of carbonyl (C=O) groups excluding carboxylic acids is 1. The lowest BCUT2D eigenvalue weighted by Crippen LogP contribution is -2.39. The zero-order valence-corrected chi connectivity index (χ0v) is 15.4. The summed E-state index contributed by atoms with van der Waals surface area (Å²) in [5, 5.41) is 2.85.